The first kappa shape index (κ1) is 7.81. The highest BCUT2D eigenvalue weighted by molar-refractivity contribution is 6.34. The summed E-state index contributed by atoms with van der Waals surface area (Å²) in [4.78, 5) is 14.0. The fraction of sp³-hybridized carbons (Fsp3) is 0. The molecule has 0 bridgehead atoms. The molecule has 0 aliphatic heterocycles. The molecule has 0 aromatic carbocycles. The summed E-state index contributed by atoms with van der Waals surface area (Å²) >= 11 is 5.31. The fourth-order valence-corrected chi connectivity index (χ4v) is 0.668. The molecule has 0 spiro atoms. The Hall–Kier alpha value is -1.29. The maximum atomic E-state index is 10.3. The van der Waals surface area contributed by atoms with Crippen LogP contribution in [0, 0.1) is 0 Å². The third kappa shape index (κ3) is 1.81. The summed E-state index contributed by atoms with van der Waals surface area (Å²) in [7, 11) is 0. The minimum Gasteiger partial charge on any atom is -0.464 e. The molecule has 5 heteroatoms. The number of amides is 1. The molecule has 1 rings (SSSR count). The molecule has 58 valence electrons. The maximum Gasteiger partial charge on any atom is 0.428 e. The molecule has 0 aliphatic carbocycles. The monoisotopic (exact) mass is 172 g/mol. The van der Waals surface area contributed by atoms with Gasteiger partial charge in [0.25, 0.3) is 0 Å². The number of carboxylic acid groups (broad SMARTS) is 1. The van der Waals surface area contributed by atoms with Crippen molar-refractivity contribution in [3.8, 4) is 0 Å². The second-order valence-electron chi connectivity index (χ2n) is 1.75. The minimum atomic E-state index is -1.25. The van der Waals surface area contributed by atoms with Crippen LogP contribution in [0.1, 0.15) is 0 Å². The van der Waals surface area contributed by atoms with E-state index >= 15 is 0 Å². The van der Waals surface area contributed by atoms with E-state index in [0.29, 0.717) is 4.42 Å². The smallest absolute Gasteiger partial charge is 0.428 e. The van der Waals surface area contributed by atoms with Crippen LogP contribution in [0.4, 0.5) is 10.6 Å². The van der Waals surface area contributed by atoms with Crippen molar-refractivity contribution in [3.63, 3.8) is 0 Å². The Morgan fingerprint density at radius 2 is 2.36 bits per heavy atom. The molecular weight excluding hydrogens is 168 g/mol. The van der Waals surface area contributed by atoms with Gasteiger partial charge in [0.2, 0.25) is 0 Å². The van der Waals surface area contributed by atoms with Gasteiger partial charge in [0.15, 0.2) is 5.82 Å². The number of hydrogen-bond donors (Lipinski definition) is 1. The van der Waals surface area contributed by atoms with Crippen LogP contribution >= 0.6 is 11.8 Å². The lowest BCUT2D eigenvalue weighted by molar-refractivity contribution is 0.206. The third-order valence-corrected chi connectivity index (χ3v) is 1.34. The van der Waals surface area contributed by atoms with Crippen LogP contribution in [-0.4, -0.2) is 16.2 Å². The van der Waals surface area contributed by atoms with Gasteiger partial charge in [0, 0.05) is 18.0 Å². The second-order valence-corrected chi connectivity index (χ2v) is 2.09. The van der Waals surface area contributed by atoms with E-state index in [-0.39, 0.29) is 5.82 Å². The lowest BCUT2D eigenvalue weighted by Gasteiger charge is -2.06. The summed E-state index contributed by atoms with van der Waals surface area (Å²) in [6.45, 7) is 0. The number of aromatic nitrogens is 1. The highest BCUT2D eigenvalue weighted by Gasteiger charge is 2.10. The van der Waals surface area contributed by atoms with Gasteiger partial charge in [-0.15, -0.1) is 0 Å². The first-order chi connectivity index (χ1) is 5.22. The van der Waals surface area contributed by atoms with Crippen molar-refractivity contribution in [2.24, 2.45) is 0 Å². The molecule has 1 aromatic heterocycles. The van der Waals surface area contributed by atoms with Gasteiger partial charge in [-0.3, -0.25) is 0 Å². The molecule has 0 saturated heterocycles. The summed E-state index contributed by atoms with van der Waals surface area (Å²) in [5.74, 6) is 0.196. The predicted octanol–water partition coefficient (Wildman–Crippen LogP) is 1.72. The first-order valence-corrected chi connectivity index (χ1v) is 3.15. The van der Waals surface area contributed by atoms with Crippen molar-refractivity contribution in [1.82, 2.24) is 4.98 Å². The van der Waals surface area contributed by atoms with E-state index in [1.165, 1.54) is 12.3 Å². The first-order valence-electron chi connectivity index (χ1n) is 2.81. The van der Waals surface area contributed by atoms with E-state index in [1.54, 1.807) is 12.1 Å². The maximum absolute atomic E-state index is 10.3. The Morgan fingerprint density at radius 1 is 1.64 bits per heavy atom. The van der Waals surface area contributed by atoms with Crippen molar-refractivity contribution < 1.29 is 9.90 Å². The zero-order valence-corrected chi connectivity index (χ0v) is 6.19. The Balaban J connectivity index is 2.85. The van der Waals surface area contributed by atoms with Gasteiger partial charge in [-0.05, 0) is 12.1 Å². The quantitative estimate of drug-likeness (QED) is 0.657. The van der Waals surface area contributed by atoms with Crippen LogP contribution in [-0.2, 0) is 0 Å². The SMILES string of the molecule is O=C(O)N(Cl)c1ccccn1. The van der Waals surface area contributed by atoms with E-state index in [2.05, 4.69) is 4.98 Å². The molecule has 0 saturated carbocycles. The predicted molar refractivity (Wildman–Crippen MR) is 40.6 cm³/mol. The van der Waals surface area contributed by atoms with Crippen molar-refractivity contribution in [3.05, 3.63) is 24.4 Å². The van der Waals surface area contributed by atoms with Gasteiger partial charge in [0.05, 0.1) is 0 Å². The standard InChI is InChI=1S/C6H5ClN2O2/c7-9(6(10)11)5-3-1-2-4-8-5/h1-4H,(H,10,11). The van der Waals surface area contributed by atoms with Gasteiger partial charge in [-0.25, -0.2) is 9.78 Å². The molecule has 0 aliphatic rings. The molecule has 4 nitrogen and oxygen atoms in total. The van der Waals surface area contributed by atoms with Crippen molar-refractivity contribution in [2.45, 2.75) is 0 Å². The Bertz CT molecular complexity index is 252. The summed E-state index contributed by atoms with van der Waals surface area (Å²) in [5.41, 5.74) is 0. The molecule has 1 N–H and O–H groups in total. The fourth-order valence-electron chi connectivity index (χ4n) is 0.568. The molecular formula is C6H5ClN2O2. The lowest BCUT2D eigenvalue weighted by atomic mass is 10.5. The molecule has 1 amide bonds. The number of anilines is 1. The Kier molecular flexibility index (Phi) is 2.28. The number of hydrogen-bond acceptors (Lipinski definition) is 2. The zero-order valence-electron chi connectivity index (χ0n) is 5.44. The van der Waals surface area contributed by atoms with Crippen LogP contribution < -0.4 is 4.42 Å². The Morgan fingerprint density at radius 3 is 2.82 bits per heavy atom. The molecule has 0 radical (unpaired) electrons. The number of carbonyl (C=O) groups is 1. The van der Waals surface area contributed by atoms with Gasteiger partial charge in [-0.1, -0.05) is 6.07 Å². The molecule has 0 atom stereocenters. The number of pyridine rings is 1. The number of rotatable bonds is 1. The molecule has 1 aromatic rings. The van der Waals surface area contributed by atoms with E-state index < -0.39 is 6.09 Å². The topological polar surface area (TPSA) is 53.4 Å². The summed E-state index contributed by atoms with van der Waals surface area (Å²) in [6, 6.07) is 4.83. The third-order valence-electron chi connectivity index (χ3n) is 1.02. The summed E-state index contributed by atoms with van der Waals surface area (Å²) in [5, 5.41) is 8.39. The van der Waals surface area contributed by atoms with Gasteiger partial charge in [0.1, 0.15) is 0 Å². The van der Waals surface area contributed by atoms with Crippen LogP contribution in [0.3, 0.4) is 0 Å². The highest BCUT2D eigenvalue weighted by atomic mass is 35.5. The summed E-state index contributed by atoms with van der Waals surface area (Å²) in [6.07, 6.45) is 0.221. The van der Waals surface area contributed by atoms with Gasteiger partial charge < -0.3 is 5.11 Å². The average molecular weight is 173 g/mol. The van der Waals surface area contributed by atoms with Crippen LogP contribution in [0.25, 0.3) is 0 Å². The Labute approximate surface area is 68.1 Å². The largest absolute Gasteiger partial charge is 0.464 e. The van der Waals surface area contributed by atoms with Crippen molar-refractivity contribution >= 4 is 23.7 Å². The van der Waals surface area contributed by atoms with Crippen molar-refractivity contribution in [2.75, 3.05) is 4.42 Å². The average Bonchev–Trinajstić information content (AvgIpc) is 2.05. The molecule has 0 fully saturated rings. The minimum absolute atomic E-state index is 0.196. The zero-order chi connectivity index (χ0) is 8.27. The van der Waals surface area contributed by atoms with Crippen LogP contribution in [0.2, 0.25) is 0 Å². The second kappa shape index (κ2) is 3.21. The van der Waals surface area contributed by atoms with Gasteiger partial charge in [-0.2, -0.15) is 4.42 Å². The summed E-state index contributed by atoms with van der Waals surface area (Å²) < 4.78 is 0.528. The van der Waals surface area contributed by atoms with Gasteiger partial charge >= 0.3 is 6.09 Å². The number of nitrogens with zero attached hydrogens (tertiary/aromatic N) is 2. The van der Waals surface area contributed by atoms with E-state index in [4.69, 9.17) is 16.9 Å². The van der Waals surface area contributed by atoms with E-state index in [1.807, 2.05) is 0 Å². The molecule has 0 unspecified atom stereocenters. The lowest BCUT2D eigenvalue weighted by Crippen LogP contribution is -2.18. The molecule has 1 heterocycles. The van der Waals surface area contributed by atoms with E-state index in [9.17, 15) is 4.79 Å². The van der Waals surface area contributed by atoms with Crippen LogP contribution in [0.5, 0.6) is 0 Å². The number of halogens is 1. The molecule has 11 heavy (non-hydrogen) atoms. The highest BCUT2D eigenvalue weighted by Crippen LogP contribution is 2.10. The normalized spacial score (nSPS) is 9.18. The van der Waals surface area contributed by atoms with Crippen LogP contribution in [0.15, 0.2) is 24.4 Å². The van der Waals surface area contributed by atoms with Crippen molar-refractivity contribution in [1.29, 1.82) is 0 Å². The van der Waals surface area contributed by atoms with E-state index in [0.717, 1.165) is 0 Å².